The van der Waals surface area contributed by atoms with Crippen LogP contribution in [0.2, 0.25) is 0 Å². The lowest BCUT2D eigenvalue weighted by atomic mass is 9.72. The molecule has 0 aromatic heterocycles. The van der Waals surface area contributed by atoms with E-state index in [1.165, 1.54) is 0 Å². The normalized spacial score (nSPS) is 30.4. The van der Waals surface area contributed by atoms with Crippen LogP contribution in [0.15, 0.2) is 12.7 Å². The minimum atomic E-state index is -0.447. The van der Waals surface area contributed by atoms with Gasteiger partial charge in [0.15, 0.2) is 5.78 Å². The van der Waals surface area contributed by atoms with Gasteiger partial charge in [0, 0.05) is 11.8 Å². The first-order chi connectivity index (χ1) is 5.60. The van der Waals surface area contributed by atoms with E-state index in [0.29, 0.717) is 12.8 Å². The van der Waals surface area contributed by atoms with Crippen LogP contribution in [0.3, 0.4) is 0 Å². The lowest BCUT2D eigenvalue weighted by Crippen LogP contribution is -2.37. The van der Waals surface area contributed by atoms with Gasteiger partial charge in [0.25, 0.3) is 0 Å². The van der Waals surface area contributed by atoms with E-state index in [4.69, 9.17) is 0 Å². The molecular formula is C10H14O2. The van der Waals surface area contributed by atoms with Gasteiger partial charge in [0.05, 0.1) is 0 Å². The highest BCUT2D eigenvalue weighted by Gasteiger charge is 2.38. The Kier molecular flexibility index (Phi) is 2.46. The van der Waals surface area contributed by atoms with Gasteiger partial charge in [0.1, 0.15) is 0 Å². The zero-order valence-corrected chi connectivity index (χ0v) is 7.43. The molecule has 0 aliphatic heterocycles. The molecule has 12 heavy (non-hydrogen) atoms. The summed E-state index contributed by atoms with van der Waals surface area (Å²) in [5.74, 6) is -0.403. The van der Waals surface area contributed by atoms with Gasteiger partial charge in [-0.2, -0.15) is 0 Å². The Morgan fingerprint density at radius 1 is 1.58 bits per heavy atom. The molecule has 0 heterocycles. The van der Waals surface area contributed by atoms with Gasteiger partial charge >= 0.3 is 0 Å². The minimum Gasteiger partial charge on any atom is -0.291 e. The van der Waals surface area contributed by atoms with Gasteiger partial charge in [-0.05, 0) is 19.3 Å². The van der Waals surface area contributed by atoms with E-state index < -0.39 is 5.41 Å². The molecular weight excluding hydrogens is 152 g/mol. The second kappa shape index (κ2) is 3.21. The van der Waals surface area contributed by atoms with Crippen molar-refractivity contribution >= 4 is 11.6 Å². The van der Waals surface area contributed by atoms with Crippen molar-refractivity contribution in [2.24, 2.45) is 5.41 Å². The van der Waals surface area contributed by atoms with Gasteiger partial charge < -0.3 is 0 Å². The molecule has 1 rings (SSSR count). The van der Waals surface area contributed by atoms with Crippen LogP contribution in [-0.4, -0.2) is 11.6 Å². The number of carbonyl (C=O) groups is 2. The van der Waals surface area contributed by atoms with Crippen molar-refractivity contribution in [1.82, 2.24) is 0 Å². The number of Topliss-reactive ketones (excluding diaryl/α,β-unsaturated/α-hetero) is 2. The molecule has 0 unspecified atom stereocenters. The number of hydrogen-bond acceptors (Lipinski definition) is 2. The van der Waals surface area contributed by atoms with E-state index in [2.05, 4.69) is 6.58 Å². The Hall–Kier alpha value is -0.920. The van der Waals surface area contributed by atoms with E-state index in [-0.39, 0.29) is 11.6 Å². The fourth-order valence-electron chi connectivity index (χ4n) is 1.72. The van der Waals surface area contributed by atoms with Crippen LogP contribution in [0.5, 0.6) is 0 Å². The summed E-state index contributed by atoms with van der Waals surface area (Å²) < 4.78 is 0. The van der Waals surface area contributed by atoms with Gasteiger partial charge in [-0.15, -0.1) is 6.58 Å². The molecule has 1 fully saturated rings. The number of allylic oxidation sites excluding steroid dienone is 1. The molecule has 0 amide bonds. The molecule has 2 heteroatoms. The lowest BCUT2D eigenvalue weighted by molar-refractivity contribution is -0.144. The summed E-state index contributed by atoms with van der Waals surface area (Å²) in [4.78, 5) is 22.5. The van der Waals surface area contributed by atoms with Crippen molar-refractivity contribution in [3.63, 3.8) is 0 Å². The molecule has 0 aromatic rings. The van der Waals surface area contributed by atoms with Crippen LogP contribution in [0, 0.1) is 5.41 Å². The van der Waals surface area contributed by atoms with Crippen LogP contribution < -0.4 is 0 Å². The summed E-state index contributed by atoms with van der Waals surface area (Å²) in [5, 5.41) is 0. The highest BCUT2D eigenvalue weighted by Crippen LogP contribution is 2.34. The molecule has 66 valence electrons. The SMILES string of the molecule is C=CC[C@]1(C)CCCC(=O)C1=O. The summed E-state index contributed by atoms with van der Waals surface area (Å²) in [6.07, 6.45) is 4.44. The Labute approximate surface area is 72.7 Å². The molecule has 1 aliphatic carbocycles. The Morgan fingerprint density at radius 3 is 2.83 bits per heavy atom. The third-order valence-electron chi connectivity index (χ3n) is 2.53. The predicted molar refractivity (Wildman–Crippen MR) is 46.8 cm³/mol. The van der Waals surface area contributed by atoms with E-state index in [9.17, 15) is 9.59 Å². The van der Waals surface area contributed by atoms with Gasteiger partial charge in [-0.1, -0.05) is 13.0 Å². The minimum absolute atomic E-state index is 0.200. The van der Waals surface area contributed by atoms with E-state index in [1.807, 2.05) is 6.92 Å². The number of ketones is 2. The molecule has 2 nitrogen and oxygen atoms in total. The van der Waals surface area contributed by atoms with Crippen molar-refractivity contribution < 1.29 is 9.59 Å². The van der Waals surface area contributed by atoms with Crippen LogP contribution >= 0.6 is 0 Å². The number of rotatable bonds is 2. The first kappa shape index (κ1) is 9.17. The fourth-order valence-corrected chi connectivity index (χ4v) is 1.72. The summed E-state index contributed by atoms with van der Waals surface area (Å²) in [5.41, 5.74) is -0.447. The Balaban J connectivity index is 2.80. The second-order valence-corrected chi connectivity index (χ2v) is 3.66. The molecule has 0 aromatic carbocycles. The second-order valence-electron chi connectivity index (χ2n) is 3.66. The van der Waals surface area contributed by atoms with Crippen molar-refractivity contribution in [2.75, 3.05) is 0 Å². The zero-order chi connectivity index (χ0) is 9.19. The highest BCUT2D eigenvalue weighted by molar-refractivity contribution is 6.39. The Morgan fingerprint density at radius 2 is 2.25 bits per heavy atom. The first-order valence-corrected chi connectivity index (χ1v) is 4.29. The molecule has 0 spiro atoms. The van der Waals surface area contributed by atoms with Crippen molar-refractivity contribution in [3.8, 4) is 0 Å². The third-order valence-corrected chi connectivity index (χ3v) is 2.53. The smallest absolute Gasteiger partial charge is 0.204 e. The summed E-state index contributed by atoms with van der Waals surface area (Å²) >= 11 is 0. The maximum atomic E-state index is 11.4. The molecule has 0 bridgehead atoms. The van der Waals surface area contributed by atoms with Gasteiger partial charge in [-0.3, -0.25) is 9.59 Å². The fraction of sp³-hybridized carbons (Fsp3) is 0.600. The van der Waals surface area contributed by atoms with E-state index in [1.54, 1.807) is 6.08 Å². The molecule has 1 saturated carbocycles. The summed E-state index contributed by atoms with van der Waals surface area (Å²) in [6.45, 7) is 5.45. The molecule has 0 N–H and O–H groups in total. The maximum absolute atomic E-state index is 11.4. The topological polar surface area (TPSA) is 34.1 Å². The van der Waals surface area contributed by atoms with E-state index in [0.717, 1.165) is 12.8 Å². The Bertz CT molecular complexity index is 230. The average Bonchev–Trinajstić information content (AvgIpc) is 2.01. The van der Waals surface area contributed by atoms with Gasteiger partial charge in [0.2, 0.25) is 5.78 Å². The average molecular weight is 166 g/mol. The van der Waals surface area contributed by atoms with Crippen LogP contribution in [0.4, 0.5) is 0 Å². The van der Waals surface area contributed by atoms with Crippen molar-refractivity contribution in [1.29, 1.82) is 0 Å². The predicted octanol–water partition coefficient (Wildman–Crippen LogP) is 1.89. The summed E-state index contributed by atoms with van der Waals surface area (Å²) in [6, 6.07) is 0. The van der Waals surface area contributed by atoms with Crippen LogP contribution in [0.1, 0.15) is 32.6 Å². The molecule has 1 atom stereocenters. The number of hydrogen-bond donors (Lipinski definition) is 0. The van der Waals surface area contributed by atoms with Crippen molar-refractivity contribution in [2.45, 2.75) is 32.6 Å². The van der Waals surface area contributed by atoms with E-state index >= 15 is 0 Å². The molecule has 1 aliphatic rings. The lowest BCUT2D eigenvalue weighted by Gasteiger charge is -2.29. The largest absolute Gasteiger partial charge is 0.291 e. The summed E-state index contributed by atoms with van der Waals surface area (Å²) in [7, 11) is 0. The maximum Gasteiger partial charge on any atom is 0.204 e. The number of carbonyl (C=O) groups excluding carboxylic acids is 2. The third kappa shape index (κ3) is 1.47. The zero-order valence-electron chi connectivity index (χ0n) is 7.43. The quantitative estimate of drug-likeness (QED) is 0.463. The first-order valence-electron chi connectivity index (χ1n) is 4.29. The van der Waals surface area contributed by atoms with Crippen LogP contribution in [-0.2, 0) is 9.59 Å². The molecule has 0 radical (unpaired) electrons. The highest BCUT2D eigenvalue weighted by atomic mass is 16.2. The monoisotopic (exact) mass is 166 g/mol. The van der Waals surface area contributed by atoms with Crippen molar-refractivity contribution in [3.05, 3.63) is 12.7 Å². The standard InChI is InChI=1S/C10H14O2/c1-3-6-10(2)7-4-5-8(11)9(10)12/h3H,1,4-7H2,2H3/t10-/m1/s1. The van der Waals surface area contributed by atoms with Gasteiger partial charge in [-0.25, -0.2) is 0 Å². The molecule has 0 saturated heterocycles. The van der Waals surface area contributed by atoms with Crippen LogP contribution in [0.25, 0.3) is 0 Å².